The first-order valence-electron chi connectivity index (χ1n) is 7.25. The molecule has 6 heteroatoms. The average molecular weight is 306 g/mol. The Balaban J connectivity index is 1.50. The number of hydrogen-bond acceptors (Lipinski definition) is 4. The van der Waals surface area contributed by atoms with E-state index in [1.54, 1.807) is 6.07 Å². The van der Waals surface area contributed by atoms with Crippen molar-refractivity contribution in [3.8, 4) is 5.69 Å². The van der Waals surface area contributed by atoms with E-state index in [1.807, 2.05) is 59.4 Å². The van der Waals surface area contributed by atoms with Crippen LogP contribution in [0.5, 0.6) is 0 Å². The molecule has 2 aromatic heterocycles. The molecule has 0 bridgehead atoms. The summed E-state index contributed by atoms with van der Waals surface area (Å²) in [6, 6.07) is 17.4. The Kier molecular flexibility index (Phi) is 3.20. The Morgan fingerprint density at radius 2 is 2.00 bits per heavy atom. The number of para-hydroxylation sites is 1. The van der Waals surface area contributed by atoms with Crippen LogP contribution in [0, 0.1) is 0 Å². The zero-order valence-corrected chi connectivity index (χ0v) is 12.2. The molecule has 0 atom stereocenters. The number of rotatable bonds is 4. The normalized spacial score (nSPS) is 11.0. The van der Waals surface area contributed by atoms with Gasteiger partial charge in [-0.25, -0.2) is 9.48 Å². The number of aromatic nitrogens is 3. The summed E-state index contributed by atoms with van der Waals surface area (Å²) >= 11 is 0. The summed E-state index contributed by atoms with van der Waals surface area (Å²) in [6.07, 6.45) is 1.93. The Morgan fingerprint density at radius 3 is 2.87 bits per heavy atom. The second kappa shape index (κ2) is 5.49. The average Bonchev–Trinajstić information content (AvgIpc) is 3.18. The van der Waals surface area contributed by atoms with Crippen molar-refractivity contribution in [1.29, 1.82) is 0 Å². The van der Waals surface area contributed by atoms with E-state index < -0.39 is 5.76 Å². The quantitative estimate of drug-likeness (QED) is 0.608. The lowest BCUT2D eigenvalue weighted by Gasteiger charge is -2.04. The van der Waals surface area contributed by atoms with E-state index in [0.717, 1.165) is 17.1 Å². The van der Waals surface area contributed by atoms with E-state index in [0.29, 0.717) is 17.6 Å². The monoisotopic (exact) mass is 306 g/mol. The first-order valence-corrected chi connectivity index (χ1v) is 7.25. The van der Waals surface area contributed by atoms with Crippen molar-refractivity contribution in [2.24, 2.45) is 0 Å². The second-order valence-corrected chi connectivity index (χ2v) is 5.17. The molecule has 0 aliphatic carbocycles. The van der Waals surface area contributed by atoms with E-state index in [9.17, 15) is 4.79 Å². The van der Waals surface area contributed by atoms with Gasteiger partial charge in [-0.15, -0.1) is 0 Å². The van der Waals surface area contributed by atoms with Crippen LogP contribution in [0.2, 0.25) is 0 Å². The van der Waals surface area contributed by atoms with Gasteiger partial charge in [0.2, 0.25) is 0 Å². The highest BCUT2D eigenvalue weighted by molar-refractivity contribution is 5.76. The minimum atomic E-state index is -0.446. The molecule has 0 aliphatic heterocycles. The fraction of sp³-hybridized carbons (Fsp3) is 0.0588. The van der Waals surface area contributed by atoms with Crippen LogP contribution in [0.1, 0.15) is 5.69 Å². The van der Waals surface area contributed by atoms with Crippen LogP contribution < -0.4 is 11.1 Å². The molecule has 23 heavy (non-hydrogen) atoms. The molecule has 0 fully saturated rings. The smallest absolute Gasteiger partial charge is 0.408 e. The van der Waals surface area contributed by atoms with E-state index in [-0.39, 0.29) is 0 Å². The minimum absolute atomic E-state index is 0.446. The predicted octanol–water partition coefficient (Wildman–Crippen LogP) is 2.92. The first kappa shape index (κ1) is 13.4. The molecule has 0 unspecified atom stereocenters. The van der Waals surface area contributed by atoms with Crippen LogP contribution in [-0.4, -0.2) is 14.8 Å². The van der Waals surface area contributed by atoms with Gasteiger partial charge < -0.3 is 9.73 Å². The van der Waals surface area contributed by atoms with Gasteiger partial charge in [0.1, 0.15) is 0 Å². The van der Waals surface area contributed by atoms with Gasteiger partial charge in [0.15, 0.2) is 5.58 Å². The third-order valence-electron chi connectivity index (χ3n) is 3.56. The largest absolute Gasteiger partial charge is 0.417 e. The number of aromatic amines is 1. The highest BCUT2D eigenvalue weighted by Gasteiger charge is 2.04. The predicted molar refractivity (Wildman–Crippen MR) is 87.7 cm³/mol. The van der Waals surface area contributed by atoms with Crippen LogP contribution >= 0.6 is 0 Å². The lowest BCUT2D eigenvalue weighted by Crippen LogP contribution is -2.02. The summed E-state index contributed by atoms with van der Waals surface area (Å²) in [5.41, 5.74) is 4.07. The summed E-state index contributed by atoms with van der Waals surface area (Å²) < 4.78 is 6.82. The summed E-state index contributed by atoms with van der Waals surface area (Å²) in [7, 11) is 0. The van der Waals surface area contributed by atoms with E-state index in [2.05, 4.69) is 15.4 Å². The number of oxazole rings is 1. The van der Waals surface area contributed by atoms with Gasteiger partial charge in [-0.1, -0.05) is 18.2 Å². The van der Waals surface area contributed by atoms with Crippen LogP contribution in [-0.2, 0) is 6.54 Å². The van der Waals surface area contributed by atoms with Crippen molar-refractivity contribution in [1.82, 2.24) is 14.8 Å². The second-order valence-electron chi connectivity index (χ2n) is 5.17. The van der Waals surface area contributed by atoms with Gasteiger partial charge in [0, 0.05) is 11.9 Å². The number of fused-ring (bicyclic) bond motifs is 1. The molecule has 2 N–H and O–H groups in total. The maximum Gasteiger partial charge on any atom is 0.417 e. The molecule has 0 spiro atoms. The molecule has 2 heterocycles. The number of nitrogens with zero attached hydrogens (tertiary/aromatic N) is 2. The summed E-state index contributed by atoms with van der Waals surface area (Å²) in [6.45, 7) is 0.591. The molecule has 0 radical (unpaired) electrons. The fourth-order valence-electron chi connectivity index (χ4n) is 2.44. The van der Waals surface area contributed by atoms with Crippen molar-refractivity contribution in [2.45, 2.75) is 6.54 Å². The number of benzene rings is 2. The molecule has 4 aromatic rings. The highest BCUT2D eigenvalue weighted by atomic mass is 16.4. The van der Waals surface area contributed by atoms with Crippen molar-refractivity contribution < 1.29 is 4.42 Å². The van der Waals surface area contributed by atoms with E-state index in [4.69, 9.17) is 4.42 Å². The molecular weight excluding hydrogens is 292 g/mol. The molecule has 6 nitrogen and oxygen atoms in total. The van der Waals surface area contributed by atoms with E-state index in [1.165, 1.54) is 0 Å². The van der Waals surface area contributed by atoms with Crippen molar-refractivity contribution in [2.75, 3.05) is 5.32 Å². The van der Waals surface area contributed by atoms with Crippen LogP contribution in [0.25, 0.3) is 16.8 Å². The third kappa shape index (κ3) is 2.74. The van der Waals surface area contributed by atoms with Gasteiger partial charge in [-0.2, -0.15) is 5.10 Å². The van der Waals surface area contributed by atoms with Crippen LogP contribution in [0.3, 0.4) is 0 Å². The minimum Gasteiger partial charge on any atom is -0.408 e. The molecule has 114 valence electrons. The zero-order chi connectivity index (χ0) is 15.6. The van der Waals surface area contributed by atoms with Gasteiger partial charge >= 0.3 is 5.76 Å². The van der Waals surface area contributed by atoms with E-state index >= 15 is 0 Å². The summed E-state index contributed by atoms with van der Waals surface area (Å²) in [5, 5.41) is 7.83. The molecule has 0 saturated heterocycles. The standard InChI is InChI=1S/C17H14N4O2/c22-17-19-15-10-12(6-7-16(15)23-17)18-11-13-8-9-21(20-13)14-4-2-1-3-5-14/h1-10,18H,11H2,(H,19,22). The van der Waals surface area contributed by atoms with Crippen molar-refractivity contribution in [3.05, 3.63) is 77.0 Å². The van der Waals surface area contributed by atoms with Gasteiger partial charge in [0.05, 0.1) is 23.4 Å². The molecule has 4 rings (SSSR count). The maximum atomic E-state index is 11.2. The zero-order valence-electron chi connectivity index (χ0n) is 12.2. The Morgan fingerprint density at radius 1 is 1.13 bits per heavy atom. The van der Waals surface area contributed by atoms with Crippen LogP contribution in [0.4, 0.5) is 5.69 Å². The van der Waals surface area contributed by atoms with Gasteiger partial charge in [-0.05, 0) is 36.4 Å². The van der Waals surface area contributed by atoms with Crippen molar-refractivity contribution in [3.63, 3.8) is 0 Å². The first-order chi connectivity index (χ1) is 11.3. The Hall–Kier alpha value is -3.28. The lowest BCUT2D eigenvalue weighted by molar-refractivity contribution is 0.555. The lowest BCUT2D eigenvalue weighted by atomic mass is 10.3. The number of nitrogens with one attached hydrogen (secondary N) is 2. The number of anilines is 1. The van der Waals surface area contributed by atoms with Gasteiger partial charge in [-0.3, -0.25) is 4.98 Å². The molecule has 0 aliphatic rings. The molecule has 0 amide bonds. The molecular formula is C17H14N4O2. The number of hydrogen-bond donors (Lipinski definition) is 2. The molecule has 0 saturated carbocycles. The fourth-order valence-corrected chi connectivity index (χ4v) is 2.44. The Labute approximate surface area is 131 Å². The summed E-state index contributed by atoms with van der Waals surface area (Å²) in [4.78, 5) is 13.8. The highest BCUT2D eigenvalue weighted by Crippen LogP contribution is 2.17. The molecule has 2 aromatic carbocycles. The SMILES string of the molecule is O=c1[nH]c2cc(NCc3ccn(-c4ccccc4)n3)ccc2o1. The van der Waals surface area contributed by atoms with Gasteiger partial charge in [0.25, 0.3) is 0 Å². The Bertz CT molecular complexity index is 998. The van der Waals surface area contributed by atoms with Crippen molar-refractivity contribution >= 4 is 16.8 Å². The number of H-pyrrole nitrogens is 1. The topological polar surface area (TPSA) is 75.8 Å². The van der Waals surface area contributed by atoms with Crippen LogP contribution in [0.15, 0.2) is 70.0 Å². The maximum absolute atomic E-state index is 11.2. The summed E-state index contributed by atoms with van der Waals surface area (Å²) in [5.74, 6) is -0.446. The third-order valence-corrected chi connectivity index (χ3v) is 3.56.